The maximum atomic E-state index is 12.8. The molecular weight excluding hydrogens is 406 g/mol. The molecule has 1 fully saturated rings. The average Bonchev–Trinajstić information content (AvgIpc) is 2.77. The molecule has 0 bridgehead atoms. The van der Waals surface area contributed by atoms with Crippen LogP contribution in [0.1, 0.15) is 46.0 Å². The Morgan fingerprint density at radius 3 is 2.03 bits per heavy atom. The molecule has 1 saturated heterocycles. The molecule has 0 atom stereocenters. The molecule has 1 aliphatic rings. The monoisotopic (exact) mass is 431 g/mol. The number of carbonyl (C=O) groups excluding carboxylic acids is 2. The van der Waals surface area contributed by atoms with E-state index in [-0.39, 0.29) is 17.1 Å². The normalized spacial score (nSPS) is 15.5. The van der Waals surface area contributed by atoms with Crippen molar-refractivity contribution in [2.24, 2.45) is 5.92 Å². The summed E-state index contributed by atoms with van der Waals surface area (Å²) in [5.74, 6) is -0.458. The van der Waals surface area contributed by atoms with Crippen LogP contribution in [0, 0.1) is 5.92 Å². The molecule has 0 saturated carbocycles. The minimum absolute atomic E-state index is 0.0340. The summed E-state index contributed by atoms with van der Waals surface area (Å²) in [7, 11) is -2.25. The Labute approximate surface area is 176 Å². The molecule has 7 nitrogen and oxygen atoms in total. The quantitative estimate of drug-likeness (QED) is 0.652. The minimum Gasteiger partial charge on any atom is -0.465 e. The summed E-state index contributed by atoms with van der Waals surface area (Å²) >= 11 is 0. The molecule has 0 aliphatic carbocycles. The van der Waals surface area contributed by atoms with Gasteiger partial charge in [-0.2, -0.15) is 4.31 Å². The van der Waals surface area contributed by atoms with E-state index in [9.17, 15) is 18.0 Å². The predicted octanol–water partition coefficient (Wildman–Crippen LogP) is 3.25. The van der Waals surface area contributed by atoms with E-state index in [1.165, 1.54) is 35.7 Å². The molecular formula is C22H25NO6S. The highest BCUT2D eigenvalue weighted by molar-refractivity contribution is 7.89. The van der Waals surface area contributed by atoms with Crippen molar-refractivity contribution in [2.75, 3.05) is 20.2 Å². The first-order valence-corrected chi connectivity index (χ1v) is 11.2. The summed E-state index contributed by atoms with van der Waals surface area (Å²) in [6.45, 7) is 3.19. The molecule has 3 rings (SSSR count). The molecule has 0 amide bonds. The third-order valence-corrected chi connectivity index (χ3v) is 7.13. The molecule has 0 aromatic heterocycles. The zero-order valence-electron chi connectivity index (χ0n) is 17.0. The first kappa shape index (κ1) is 22.0. The van der Waals surface area contributed by atoms with Crippen molar-refractivity contribution >= 4 is 22.0 Å². The van der Waals surface area contributed by atoms with Gasteiger partial charge in [-0.15, -0.1) is 0 Å². The molecule has 160 valence electrons. The van der Waals surface area contributed by atoms with Crippen molar-refractivity contribution in [1.29, 1.82) is 0 Å². The lowest BCUT2D eigenvalue weighted by Crippen LogP contribution is -2.37. The Morgan fingerprint density at radius 1 is 0.933 bits per heavy atom. The summed E-state index contributed by atoms with van der Waals surface area (Å²) in [5, 5.41) is 0. The lowest BCUT2D eigenvalue weighted by molar-refractivity contribution is 0.0471. The van der Waals surface area contributed by atoms with Gasteiger partial charge in [0, 0.05) is 13.1 Å². The fourth-order valence-corrected chi connectivity index (χ4v) is 4.69. The second-order valence-electron chi connectivity index (χ2n) is 7.38. The number of esters is 2. The standard InChI is InChI=1S/C22H25NO6S/c1-16-11-13-23(14-12-16)30(26,27)20-9-7-19(8-10-20)22(25)29-15-17-3-5-18(6-4-17)21(24)28-2/h3-10,16H,11-15H2,1-2H3. The number of carbonyl (C=O) groups is 2. The third kappa shape index (κ3) is 5.06. The molecule has 0 spiro atoms. The number of sulfonamides is 1. The third-order valence-electron chi connectivity index (χ3n) is 5.22. The summed E-state index contributed by atoms with van der Waals surface area (Å²) in [4.78, 5) is 23.9. The zero-order valence-corrected chi connectivity index (χ0v) is 17.9. The van der Waals surface area contributed by atoms with E-state index in [0.29, 0.717) is 24.6 Å². The summed E-state index contributed by atoms with van der Waals surface area (Å²) < 4.78 is 36.9. The number of piperidine rings is 1. The number of benzene rings is 2. The van der Waals surface area contributed by atoms with Crippen LogP contribution in [0.4, 0.5) is 0 Å². The predicted molar refractivity (Wildman–Crippen MR) is 110 cm³/mol. The topological polar surface area (TPSA) is 90.0 Å². The molecule has 8 heteroatoms. The second-order valence-corrected chi connectivity index (χ2v) is 9.31. The van der Waals surface area contributed by atoms with Crippen LogP contribution in [-0.4, -0.2) is 44.9 Å². The summed E-state index contributed by atoms with van der Waals surface area (Å²) in [6.07, 6.45) is 1.70. The number of rotatable bonds is 6. The van der Waals surface area contributed by atoms with Gasteiger partial charge in [0.05, 0.1) is 23.1 Å². The van der Waals surface area contributed by atoms with Crippen LogP contribution < -0.4 is 0 Å². The van der Waals surface area contributed by atoms with E-state index in [1.807, 2.05) is 0 Å². The van der Waals surface area contributed by atoms with E-state index in [4.69, 9.17) is 4.74 Å². The highest BCUT2D eigenvalue weighted by Crippen LogP contribution is 2.23. The number of nitrogens with zero attached hydrogens (tertiary/aromatic N) is 1. The Bertz CT molecular complexity index is 991. The lowest BCUT2D eigenvalue weighted by atomic mass is 10.0. The van der Waals surface area contributed by atoms with Crippen LogP contribution >= 0.6 is 0 Å². The van der Waals surface area contributed by atoms with Gasteiger partial charge in [-0.3, -0.25) is 0 Å². The fraction of sp³-hybridized carbons (Fsp3) is 0.364. The minimum atomic E-state index is -3.55. The smallest absolute Gasteiger partial charge is 0.338 e. The highest BCUT2D eigenvalue weighted by Gasteiger charge is 2.28. The summed E-state index contributed by atoms with van der Waals surface area (Å²) in [5.41, 5.74) is 1.40. The Hall–Kier alpha value is -2.71. The lowest BCUT2D eigenvalue weighted by Gasteiger charge is -2.29. The molecule has 0 N–H and O–H groups in total. The highest BCUT2D eigenvalue weighted by atomic mass is 32.2. The van der Waals surface area contributed by atoms with E-state index in [1.54, 1.807) is 24.3 Å². The maximum Gasteiger partial charge on any atom is 0.338 e. The average molecular weight is 432 g/mol. The van der Waals surface area contributed by atoms with Gasteiger partial charge < -0.3 is 9.47 Å². The van der Waals surface area contributed by atoms with Crippen LogP contribution in [0.3, 0.4) is 0 Å². The molecule has 0 radical (unpaired) electrons. The Balaban J connectivity index is 1.60. The number of ether oxygens (including phenoxy) is 2. The Kier molecular flexibility index (Phi) is 6.89. The molecule has 0 unspecified atom stereocenters. The SMILES string of the molecule is COC(=O)c1ccc(COC(=O)c2ccc(S(=O)(=O)N3CCC(C)CC3)cc2)cc1. The number of hydrogen-bond donors (Lipinski definition) is 0. The maximum absolute atomic E-state index is 12.8. The van der Waals surface area contributed by atoms with Gasteiger partial charge in [0.2, 0.25) is 10.0 Å². The van der Waals surface area contributed by atoms with Gasteiger partial charge in [-0.25, -0.2) is 18.0 Å². The van der Waals surface area contributed by atoms with E-state index in [2.05, 4.69) is 11.7 Å². The molecule has 2 aromatic rings. The zero-order chi connectivity index (χ0) is 21.7. The van der Waals surface area contributed by atoms with Gasteiger partial charge in [-0.1, -0.05) is 19.1 Å². The van der Waals surface area contributed by atoms with E-state index >= 15 is 0 Å². The van der Waals surface area contributed by atoms with Gasteiger partial charge >= 0.3 is 11.9 Å². The van der Waals surface area contributed by atoms with Crippen LogP contribution in [0.15, 0.2) is 53.4 Å². The van der Waals surface area contributed by atoms with Crippen molar-refractivity contribution in [3.63, 3.8) is 0 Å². The largest absolute Gasteiger partial charge is 0.465 e. The van der Waals surface area contributed by atoms with Crippen LogP contribution in [-0.2, 0) is 26.1 Å². The molecule has 1 aliphatic heterocycles. The molecule has 30 heavy (non-hydrogen) atoms. The van der Waals surface area contributed by atoms with Crippen molar-refractivity contribution in [1.82, 2.24) is 4.31 Å². The van der Waals surface area contributed by atoms with Crippen molar-refractivity contribution in [2.45, 2.75) is 31.3 Å². The number of methoxy groups -OCH3 is 1. The van der Waals surface area contributed by atoms with Gasteiger partial charge in [0.25, 0.3) is 0 Å². The molecule has 2 aromatic carbocycles. The van der Waals surface area contributed by atoms with Crippen LogP contribution in [0.5, 0.6) is 0 Å². The van der Waals surface area contributed by atoms with Crippen molar-refractivity contribution in [3.05, 3.63) is 65.2 Å². The summed E-state index contributed by atoms with van der Waals surface area (Å²) in [6, 6.07) is 12.3. The van der Waals surface area contributed by atoms with Crippen LogP contribution in [0.2, 0.25) is 0 Å². The van der Waals surface area contributed by atoms with Crippen LogP contribution in [0.25, 0.3) is 0 Å². The Morgan fingerprint density at radius 2 is 1.47 bits per heavy atom. The van der Waals surface area contributed by atoms with Crippen molar-refractivity contribution < 1.29 is 27.5 Å². The second kappa shape index (κ2) is 9.40. The number of hydrogen-bond acceptors (Lipinski definition) is 6. The van der Waals surface area contributed by atoms with Gasteiger partial charge in [0.1, 0.15) is 6.61 Å². The molecule has 1 heterocycles. The van der Waals surface area contributed by atoms with Gasteiger partial charge in [0.15, 0.2) is 0 Å². The first-order chi connectivity index (χ1) is 14.3. The van der Waals surface area contributed by atoms with E-state index in [0.717, 1.165) is 18.4 Å². The fourth-order valence-electron chi connectivity index (χ4n) is 3.22. The van der Waals surface area contributed by atoms with Gasteiger partial charge in [-0.05, 0) is 60.7 Å². The van der Waals surface area contributed by atoms with E-state index < -0.39 is 22.0 Å². The first-order valence-electron chi connectivity index (χ1n) is 9.76. The van der Waals surface area contributed by atoms with Crippen molar-refractivity contribution in [3.8, 4) is 0 Å².